The van der Waals surface area contributed by atoms with Gasteiger partial charge in [-0.15, -0.1) is 11.3 Å². The van der Waals surface area contributed by atoms with Crippen molar-refractivity contribution >= 4 is 28.5 Å². The summed E-state index contributed by atoms with van der Waals surface area (Å²) < 4.78 is 10.0. The number of thiazole rings is 1. The van der Waals surface area contributed by atoms with Gasteiger partial charge in [-0.1, -0.05) is 26.5 Å². The number of nitrogens with zero attached hydrogens (tertiary/aromatic N) is 1. The van der Waals surface area contributed by atoms with Crippen LogP contribution in [0.3, 0.4) is 0 Å². The highest BCUT2D eigenvalue weighted by Gasteiger charge is 2.59. The van der Waals surface area contributed by atoms with Gasteiger partial charge in [-0.2, -0.15) is 0 Å². The van der Waals surface area contributed by atoms with Crippen molar-refractivity contribution in [2.45, 2.75) is 51.6 Å². The number of fused-ring (bicyclic) bond motifs is 2. The third-order valence-corrected chi connectivity index (χ3v) is 8.46. The fraction of sp³-hybridized carbons (Fsp3) is 0.696. The SMILES string of the molecule is C=CCOC(=O)Nc1nc2c(s1)C[C@@H]1[C@](C)(CO)[C@H](O)CC[C@@]1(C)[C@@H]2CC(=O)NCCOC. The Kier molecular flexibility index (Phi) is 8.15. The maximum absolute atomic E-state index is 12.8. The normalized spacial score (nSPS) is 30.6. The van der Waals surface area contributed by atoms with Crippen LogP contribution in [0.2, 0.25) is 0 Å². The zero-order valence-corrected chi connectivity index (χ0v) is 20.4. The van der Waals surface area contributed by atoms with Gasteiger partial charge in [0.25, 0.3) is 0 Å². The Morgan fingerprint density at radius 3 is 2.82 bits per heavy atom. The van der Waals surface area contributed by atoms with Gasteiger partial charge in [0.2, 0.25) is 5.91 Å². The average Bonchev–Trinajstić information content (AvgIpc) is 3.18. The van der Waals surface area contributed by atoms with E-state index >= 15 is 0 Å². The third-order valence-electron chi connectivity index (χ3n) is 7.45. The molecule has 2 aliphatic carbocycles. The number of carbonyl (C=O) groups is 2. The first kappa shape index (κ1) is 25.6. The molecule has 33 heavy (non-hydrogen) atoms. The minimum atomic E-state index is -0.698. The molecular formula is C23H35N3O6S. The van der Waals surface area contributed by atoms with Crippen molar-refractivity contribution in [2.24, 2.45) is 16.7 Å². The predicted molar refractivity (Wildman–Crippen MR) is 125 cm³/mol. The van der Waals surface area contributed by atoms with E-state index < -0.39 is 17.6 Å². The Balaban J connectivity index is 1.95. The zero-order chi connectivity index (χ0) is 24.2. The van der Waals surface area contributed by atoms with Crippen molar-refractivity contribution in [3.05, 3.63) is 23.2 Å². The van der Waals surface area contributed by atoms with Crippen LogP contribution >= 0.6 is 11.3 Å². The maximum atomic E-state index is 12.8. The van der Waals surface area contributed by atoms with Gasteiger partial charge in [0, 0.05) is 36.3 Å². The minimum absolute atomic E-state index is 0.0518. The van der Waals surface area contributed by atoms with E-state index in [1.54, 1.807) is 7.11 Å². The van der Waals surface area contributed by atoms with Gasteiger partial charge in [-0.3, -0.25) is 10.1 Å². The predicted octanol–water partition coefficient (Wildman–Crippen LogP) is 2.45. The molecule has 0 radical (unpaired) electrons. The number of rotatable bonds is 9. The summed E-state index contributed by atoms with van der Waals surface area (Å²) in [5, 5.41) is 27.1. The fourth-order valence-electron chi connectivity index (χ4n) is 5.51. The Bertz CT molecular complexity index is 876. The Morgan fingerprint density at radius 2 is 2.15 bits per heavy atom. The minimum Gasteiger partial charge on any atom is -0.445 e. The van der Waals surface area contributed by atoms with Gasteiger partial charge in [-0.05, 0) is 30.6 Å². The molecular weight excluding hydrogens is 446 g/mol. The molecule has 184 valence electrons. The largest absolute Gasteiger partial charge is 0.445 e. The number of ether oxygens (including phenoxy) is 2. The Morgan fingerprint density at radius 1 is 1.39 bits per heavy atom. The smallest absolute Gasteiger partial charge is 0.413 e. The van der Waals surface area contributed by atoms with Gasteiger partial charge in [0.1, 0.15) is 6.61 Å². The van der Waals surface area contributed by atoms with Gasteiger partial charge < -0.3 is 25.0 Å². The quantitative estimate of drug-likeness (QED) is 0.315. The lowest BCUT2D eigenvalue weighted by Crippen LogP contribution is -2.57. The van der Waals surface area contributed by atoms with Gasteiger partial charge in [-0.25, -0.2) is 9.78 Å². The van der Waals surface area contributed by atoms with Gasteiger partial charge >= 0.3 is 6.09 Å². The molecule has 0 aliphatic heterocycles. The van der Waals surface area contributed by atoms with E-state index in [1.165, 1.54) is 17.4 Å². The molecule has 1 fully saturated rings. The standard InChI is InChI=1S/C23H35N3O6S/c1-5-9-32-21(30)26-20-25-19-14(11-18(29)24-8-10-31-4)22(2)7-6-17(28)23(3,13-27)16(22)12-15(19)33-20/h5,14,16-17,27-28H,1,6-13H2,2-4H3,(H,24,29)(H,25,26,30)/t14-,16+,17-,22+,23+/m1/s1. The van der Waals surface area contributed by atoms with Crippen LogP contribution in [-0.2, 0) is 20.7 Å². The number of hydrogen-bond acceptors (Lipinski definition) is 8. The molecule has 0 bridgehead atoms. The number of nitrogens with one attached hydrogen (secondary N) is 2. The van der Waals surface area contributed by atoms with Gasteiger partial charge in [0.05, 0.1) is 25.0 Å². The van der Waals surface area contributed by atoms with Crippen LogP contribution in [0.25, 0.3) is 0 Å². The van der Waals surface area contributed by atoms with Crippen LogP contribution < -0.4 is 10.6 Å². The van der Waals surface area contributed by atoms with Crippen LogP contribution in [0, 0.1) is 16.7 Å². The monoisotopic (exact) mass is 481 g/mol. The second kappa shape index (κ2) is 10.5. The van der Waals surface area contributed by atoms with Crippen molar-refractivity contribution in [1.29, 1.82) is 0 Å². The molecule has 0 unspecified atom stereocenters. The number of aliphatic hydroxyl groups is 2. The summed E-state index contributed by atoms with van der Waals surface area (Å²) >= 11 is 1.35. The molecule has 9 nitrogen and oxygen atoms in total. The maximum Gasteiger partial charge on any atom is 0.413 e. The van der Waals surface area contributed by atoms with E-state index in [9.17, 15) is 19.8 Å². The first-order valence-corrected chi connectivity index (χ1v) is 12.1. The summed E-state index contributed by atoms with van der Waals surface area (Å²) in [6, 6.07) is 0. The molecule has 2 amide bonds. The van der Waals surface area contributed by atoms with Crippen LogP contribution in [0.1, 0.15) is 49.6 Å². The summed E-state index contributed by atoms with van der Waals surface area (Å²) in [6.45, 7) is 8.38. The molecule has 10 heteroatoms. The number of aromatic nitrogens is 1. The zero-order valence-electron chi connectivity index (χ0n) is 19.6. The van der Waals surface area contributed by atoms with E-state index in [1.807, 2.05) is 6.92 Å². The van der Waals surface area contributed by atoms with Crippen molar-refractivity contribution in [3.63, 3.8) is 0 Å². The van der Waals surface area contributed by atoms with E-state index in [4.69, 9.17) is 14.5 Å². The van der Waals surface area contributed by atoms with Crippen molar-refractivity contribution in [3.8, 4) is 0 Å². The number of carbonyl (C=O) groups excluding carboxylic acids is 2. The number of methoxy groups -OCH3 is 1. The van der Waals surface area contributed by atoms with E-state index in [0.29, 0.717) is 37.5 Å². The lowest BCUT2D eigenvalue weighted by atomic mass is 9.47. The summed E-state index contributed by atoms with van der Waals surface area (Å²) in [5.41, 5.74) is -0.247. The average molecular weight is 482 g/mol. The van der Waals surface area contributed by atoms with E-state index in [0.717, 1.165) is 10.6 Å². The molecule has 5 atom stereocenters. The van der Waals surface area contributed by atoms with Gasteiger partial charge in [0.15, 0.2) is 5.13 Å². The second-order valence-electron chi connectivity index (χ2n) is 9.42. The van der Waals surface area contributed by atoms with Crippen molar-refractivity contribution in [2.75, 3.05) is 38.8 Å². The lowest BCUT2D eigenvalue weighted by Gasteiger charge is -2.58. The summed E-state index contributed by atoms with van der Waals surface area (Å²) in [7, 11) is 1.58. The van der Waals surface area contributed by atoms with Crippen molar-refractivity contribution in [1.82, 2.24) is 10.3 Å². The van der Waals surface area contributed by atoms with Crippen LogP contribution in [-0.4, -0.2) is 66.8 Å². The van der Waals surface area contributed by atoms with E-state index in [-0.39, 0.29) is 42.8 Å². The number of anilines is 1. The molecule has 1 saturated carbocycles. The van der Waals surface area contributed by atoms with Crippen LogP contribution in [0.15, 0.2) is 12.7 Å². The third kappa shape index (κ3) is 5.08. The highest BCUT2D eigenvalue weighted by Crippen LogP contribution is 2.62. The Labute approximate surface area is 198 Å². The molecule has 0 spiro atoms. The van der Waals surface area contributed by atoms with E-state index in [2.05, 4.69) is 24.1 Å². The molecule has 1 aromatic heterocycles. The summed E-state index contributed by atoms with van der Waals surface area (Å²) in [4.78, 5) is 30.5. The number of amides is 2. The van der Waals surface area contributed by atoms with Crippen LogP contribution in [0.5, 0.6) is 0 Å². The first-order valence-electron chi connectivity index (χ1n) is 11.3. The van der Waals surface area contributed by atoms with Crippen molar-refractivity contribution < 1.29 is 29.3 Å². The molecule has 4 N–H and O–H groups in total. The molecule has 1 aromatic rings. The lowest BCUT2D eigenvalue weighted by molar-refractivity contribution is -0.144. The number of aliphatic hydroxyl groups excluding tert-OH is 2. The molecule has 0 saturated heterocycles. The molecule has 2 aliphatic rings. The fourth-order valence-corrected chi connectivity index (χ4v) is 6.56. The molecule has 0 aromatic carbocycles. The van der Waals surface area contributed by atoms with Crippen LogP contribution in [0.4, 0.5) is 9.93 Å². The second-order valence-corrected chi connectivity index (χ2v) is 10.5. The number of hydrogen-bond donors (Lipinski definition) is 4. The summed E-state index contributed by atoms with van der Waals surface area (Å²) in [6.07, 6.45) is 2.34. The summed E-state index contributed by atoms with van der Waals surface area (Å²) in [5.74, 6) is -0.373. The molecule has 3 rings (SSSR count). The highest BCUT2D eigenvalue weighted by atomic mass is 32.1. The first-order chi connectivity index (χ1) is 15.7. The molecule has 1 heterocycles. The topological polar surface area (TPSA) is 130 Å². The highest BCUT2D eigenvalue weighted by molar-refractivity contribution is 7.15. The Hall–Kier alpha value is -2.01.